The van der Waals surface area contributed by atoms with Crippen LogP contribution in [0.1, 0.15) is 31.2 Å². The van der Waals surface area contributed by atoms with Crippen LogP contribution in [-0.4, -0.2) is 19.3 Å². The number of alkyl halides is 3. The van der Waals surface area contributed by atoms with E-state index in [4.69, 9.17) is 4.74 Å². The highest BCUT2D eigenvalue weighted by Crippen LogP contribution is 2.38. The first-order chi connectivity index (χ1) is 9.49. The molecule has 2 rings (SSSR count). The van der Waals surface area contributed by atoms with E-state index in [1.54, 1.807) is 7.11 Å². The van der Waals surface area contributed by atoms with Crippen LogP contribution in [0.2, 0.25) is 0 Å². The van der Waals surface area contributed by atoms with Gasteiger partial charge in [-0.1, -0.05) is 12.1 Å². The summed E-state index contributed by atoms with van der Waals surface area (Å²) in [4.78, 5) is 0. The van der Waals surface area contributed by atoms with E-state index in [9.17, 15) is 13.2 Å². The van der Waals surface area contributed by atoms with Gasteiger partial charge in [0.1, 0.15) is 0 Å². The van der Waals surface area contributed by atoms with Crippen molar-refractivity contribution in [2.75, 3.05) is 12.4 Å². The summed E-state index contributed by atoms with van der Waals surface area (Å²) in [6.45, 7) is 0.538. The smallest absolute Gasteiger partial charge is 0.382 e. The monoisotopic (exact) mass is 287 g/mol. The zero-order valence-electron chi connectivity index (χ0n) is 11.5. The van der Waals surface area contributed by atoms with Crippen LogP contribution >= 0.6 is 0 Å². The SMILES string of the molecule is COCc1cccc(NC2CCC(C(F)(F)F)CC2)c1. The Morgan fingerprint density at radius 2 is 1.90 bits per heavy atom. The van der Waals surface area contributed by atoms with Crippen LogP contribution in [0, 0.1) is 5.92 Å². The highest BCUT2D eigenvalue weighted by molar-refractivity contribution is 5.46. The second kappa shape index (κ2) is 6.48. The topological polar surface area (TPSA) is 21.3 Å². The molecule has 1 N–H and O–H groups in total. The van der Waals surface area contributed by atoms with Crippen molar-refractivity contribution >= 4 is 5.69 Å². The maximum atomic E-state index is 12.6. The van der Waals surface area contributed by atoms with Crippen LogP contribution in [-0.2, 0) is 11.3 Å². The standard InChI is InChI=1S/C15H20F3NO/c1-20-10-11-3-2-4-14(9-11)19-13-7-5-12(6-8-13)15(16,17)18/h2-4,9,12-13,19H,5-8,10H2,1H3. The molecular weight excluding hydrogens is 267 g/mol. The minimum absolute atomic E-state index is 0.131. The van der Waals surface area contributed by atoms with E-state index in [2.05, 4.69) is 5.32 Å². The van der Waals surface area contributed by atoms with Gasteiger partial charge in [0.05, 0.1) is 12.5 Å². The van der Waals surface area contributed by atoms with Crippen LogP contribution in [0.25, 0.3) is 0 Å². The van der Waals surface area contributed by atoms with E-state index in [1.165, 1.54) is 0 Å². The second-order valence-corrected chi connectivity index (χ2v) is 5.37. The average Bonchev–Trinajstić information content (AvgIpc) is 2.39. The third-order valence-electron chi connectivity index (χ3n) is 3.80. The number of anilines is 1. The van der Waals surface area contributed by atoms with Gasteiger partial charge in [-0.15, -0.1) is 0 Å². The van der Waals surface area contributed by atoms with Gasteiger partial charge in [0.2, 0.25) is 0 Å². The quantitative estimate of drug-likeness (QED) is 0.888. The maximum Gasteiger partial charge on any atom is 0.391 e. The van der Waals surface area contributed by atoms with E-state index in [0.29, 0.717) is 19.4 Å². The molecule has 112 valence electrons. The molecule has 1 aliphatic rings. The lowest BCUT2D eigenvalue weighted by Gasteiger charge is -2.31. The van der Waals surface area contributed by atoms with Gasteiger partial charge in [-0.2, -0.15) is 13.2 Å². The zero-order valence-corrected chi connectivity index (χ0v) is 11.5. The fraction of sp³-hybridized carbons (Fsp3) is 0.600. The number of hydrogen-bond acceptors (Lipinski definition) is 2. The molecule has 0 heterocycles. The van der Waals surface area contributed by atoms with Crippen LogP contribution in [0.4, 0.5) is 18.9 Å². The van der Waals surface area contributed by atoms with Crippen molar-refractivity contribution in [1.29, 1.82) is 0 Å². The Kier molecular flexibility index (Phi) is 4.91. The van der Waals surface area contributed by atoms with Crippen LogP contribution in [0.15, 0.2) is 24.3 Å². The lowest BCUT2D eigenvalue weighted by molar-refractivity contribution is -0.182. The van der Waals surface area contributed by atoms with Crippen molar-refractivity contribution in [2.45, 2.75) is 44.5 Å². The van der Waals surface area contributed by atoms with Crippen molar-refractivity contribution in [2.24, 2.45) is 5.92 Å². The summed E-state index contributed by atoms with van der Waals surface area (Å²) in [5, 5.41) is 3.33. The van der Waals surface area contributed by atoms with Crippen molar-refractivity contribution in [3.63, 3.8) is 0 Å². The van der Waals surface area contributed by atoms with Crippen LogP contribution in [0.3, 0.4) is 0 Å². The van der Waals surface area contributed by atoms with Gasteiger partial charge in [0.25, 0.3) is 0 Å². The molecule has 0 amide bonds. The molecule has 0 aliphatic heterocycles. The first kappa shape index (κ1) is 15.2. The lowest BCUT2D eigenvalue weighted by Crippen LogP contribution is -2.32. The summed E-state index contributed by atoms with van der Waals surface area (Å²) in [7, 11) is 1.64. The summed E-state index contributed by atoms with van der Waals surface area (Å²) in [6.07, 6.45) is -2.46. The molecule has 1 aliphatic carbocycles. The molecule has 0 bridgehead atoms. The highest BCUT2D eigenvalue weighted by Gasteiger charge is 2.41. The predicted octanol–water partition coefficient (Wildman–Crippen LogP) is 4.37. The number of ether oxygens (including phenoxy) is 1. The highest BCUT2D eigenvalue weighted by atomic mass is 19.4. The van der Waals surface area contributed by atoms with Gasteiger partial charge < -0.3 is 10.1 Å². The number of methoxy groups -OCH3 is 1. The Balaban J connectivity index is 1.88. The van der Waals surface area contributed by atoms with E-state index in [0.717, 1.165) is 11.3 Å². The van der Waals surface area contributed by atoms with E-state index >= 15 is 0 Å². The summed E-state index contributed by atoms with van der Waals surface area (Å²) >= 11 is 0. The van der Waals surface area contributed by atoms with Gasteiger partial charge in [-0.25, -0.2) is 0 Å². The van der Waals surface area contributed by atoms with E-state index in [-0.39, 0.29) is 18.9 Å². The summed E-state index contributed by atoms with van der Waals surface area (Å²) in [5.41, 5.74) is 2.01. The van der Waals surface area contributed by atoms with Gasteiger partial charge >= 0.3 is 6.18 Å². The van der Waals surface area contributed by atoms with Gasteiger partial charge in [-0.3, -0.25) is 0 Å². The number of hydrogen-bond donors (Lipinski definition) is 1. The molecule has 0 atom stereocenters. The summed E-state index contributed by atoms with van der Waals surface area (Å²) in [6, 6.07) is 7.95. The Labute approximate surface area is 117 Å². The lowest BCUT2D eigenvalue weighted by atomic mass is 9.85. The molecule has 20 heavy (non-hydrogen) atoms. The van der Waals surface area contributed by atoms with Crippen LogP contribution in [0.5, 0.6) is 0 Å². The zero-order chi connectivity index (χ0) is 14.6. The average molecular weight is 287 g/mol. The number of rotatable bonds is 4. The molecule has 1 fully saturated rings. The molecule has 0 saturated heterocycles. The molecule has 0 spiro atoms. The number of nitrogens with one attached hydrogen (secondary N) is 1. The molecule has 5 heteroatoms. The molecule has 2 nitrogen and oxygen atoms in total. The van der Waals surface area contributed by atoms with Crippen molar-refractivity contribution in [1.82, 2.24) is 0 Å². The summed E-state index contributed by atoms with van der Waals surface area (Å²) < 4.78 is 42.9. The molecule has 0 radical (unpaired) electrons. The van der Waals surface area contributed by atoms with E-state index < -0.39 is 12.1 Å². The van der Waals surface area contributed by atoms with Crippen LogP contribution < -0.4 is 5.32 Å². The van der Waals surface area contributed by atoms with Gasteiger partial charge in [-0.05, 0) is 43.4 Å². The minimum Gasteiger partial charge on any atom is -0.382 e. The fourth-order valence-corrected chi connectivity index (χ4v) is 2.72. The Bertz CT molecular complexity index is 425. The van der Waals surface area contributed by atoms with Crippen molar-refractivity contribution < 1.29 is 17.9 Å². The normalized spacial score (nSPS) is 23.6. The third-order valence-corrected chi connectivity index (χ3v) is 3.80. The van der Waals surface area contributed by atoms with Gasteiger partial charge in [0.15, 0.2) is 0 Å². The second-order valence-electron chi connectivity index (χ2n) is 5.37. The van der Waals surface area contributed by atoms with Gasteiger partial charge in [0, 0.05) is 18.8 Å². The number of halogens is 3. The molecule has 1 saturated carbocycles. The molecular formula is C15H20F3NO. The molecule has 1 aromatic rings. The Hall–Kier alpha value is -1.23. The number of benzene rings is 1. The van der Waals surface area contributed by atoms with Crippen molar-refractivity contribution in [3.05, 3.63) is 29.8 Å². The van der Waals surface area contributed by atoms with Crippen molar-refractivity contribution in [3.8, 4) is 0 Å². The predicted molar refractivity (Wildman–Crippen MR) is 72.6 cm³/mol. The Morgan fingerprint density at radius 3 is 2.50 bits per heavy atom. The third kappa shape index (κ3) is 4.13. The molecule has 0 aromatic heterocycles. The molecule has 0 unspecified atom stereocenters. The first-order valence-electron chi connectivity index (χ1n) is 6.90. The summed E-state index contributed by atoms with van der Waals surface area (Å²) in [5.74, 6) is -1.12. The first-order valence-corrected chi connectivity index (χ1v) is 6.90. The Morgan fingerprint density at radius 1 is 1.20 bits per heavy atom. The maximum absolute atomic E-state index is 12.6. The van der Waals surface area contributed by atoms with E-state index in [1.807, 2.05) is 24.3 Å². The largest absolute Gasteiger partial charge is 0.391 e. The minimum atomic E-state index is -4.04. The molecule has 1 aromatic carbocycles. The fourth-order valence-electron chi connectivity index (χ4n) is 2.72.